The SMILES string of the molecule is Cc1cc(C)cc(C(CN)N2CCOC3CCCC32)c1. The van der Waals surface area contributed by atoms with Gasteiger partial charge in [0.05, 0.1) is 12.7 Å². The molecule has 1 saturated carbocycles. The second-order valence-electron chi connectivity index (χ2n) is 6.32. The minimum atomic E-state index is 0.336. The molecule has 1 aliphatic heterocycles. The standard InChI is InChI=1S/C17H26N2O/c1-12-8-13(2)10-14(9-12)16(11-18)19-6-7-20-17-5-3-4-15(17)19/h8-10,15-17H,3-7,11,18H2,1-2H3. The lowest BCUT2D eigenvalue weighted by molar-refractivity contribution is -0.0711. The van der Waals surface area contributed by atoms with E-state index in [9.17, 15) is 0 Å². The summed E-state index contributed by atoms with van der Waals surface area (Å²) in [6.07, 6.45) is 4.19. The Labute approximate surface area is 122 Å². The first kappa shape index (κ1) is 14.1. The second kappa shape index (κ2) is 5.84. The monoisotopic (exact) mass is 274 g/mol. The molecule has 0 amide bonds. The molecule has 1 aliphatic carbocycles. The van der Waals surface area contributed by atoms with Crippen LogP contribution in [0.2, 0.25) is 0 Å². The van der Waals surface area contributed by atoms with E-state index in [1.54, 1.807) is 0 Å². The molecular formula is C17H26N2O. The molecule has 20 heavy (non-hydrogen) atoms. The first-order chi connectivity index (χ1) is 9.69. The maximum atomic E-state index is 6.14. The summed E-state index contributed by atoms with van der Waals surface area (Å²) < 4.78 is 5.93. The van der Waals surface area contributed by atoms with Crippen LogP contribution < -0.4 is 5.73 Å². The van der Waals surface area contributed by atoms with E-state index >= 15 is 0 Å². The number of nitrogens with zero attached hydrogens (tertiary/aromatic N) is 1. The molecule has 3 rings (SSSR count). The number of morpholine rings is 1. The molecule has 2 fully saturated rings. The van der Waals surface area contributed by atoms with Crippen LogP contribution in [-0.4, -0.2) is 36.7 Å². The van der Waals surface area contributed by atoms with Crippen molar-refractivity contribution in [2.24, 2.45) is 5.73 Å². The Morgan fingerprint density at radius 2 is 2.00 bits per heavy atom. The summed E-state index contributed by atoms with van der Waals surface area (Å²) in [4.78, 5) is 2.61. The van der Waals surface area contributed by atoms with Gasteiger partial charge in [-0.2, -0.15) is 0 Å². The van der Waals surface area contributed by atoms with Gasteiger partial charge in [-0.3, -0.25) is 4.90 Å². The predicted octanol–water partition coefficient (Wildman–Crippen LogP) is 2.56. The van der Waals surface area contributed by atoms with Gasteiger partial charge in [0.15, 0.2) is 0 Å². The number of rotatable bonds is 3. The number of hydrogen-bond donors (Lipinski definition) is 1. The van der Waals surface area contributed by atoms with Gasteiger partial charge in [-0.15, -0.1) is 0 Å². The first-order valence-electron chi connectivity index (χ1n) is 7.84. The molecule has 1 aromatic carbocycles. The molecule has 110 valence electrons. The van der Waals surface area contributed by atoms with Gasteiger partial charge in [0.1, 0.15) is 0 Å². The zero-order valence-electron chi connectivity index (χ0n) is 12.6. The van der Waals surface area contributed by atoms with E-state index < -0.39 is 0 Å². The number of hydrogen-bond acceptors (Lipinski definition) is 3. The van der Waals surface area contributed by atoms with Crippen molar-refractivity contribution in [3.05, 3.63) is 34.9 Å². The lowest BCUT2D eigenvalue weighted by atomic mass is 9.97. The quantitative estimate of drug-likeness (QED) is 0.920. The van der Waals surface area contributed by atoms with Crippen molar-refractivity contribution in [3.63, 3.8) is 0 Å². The Hall–Kier alpha value is -0.900. The van der Waals surface area contributed by atoms with Crippen LogP contribution >= 0.6 is 0 Å². The van der Waals surface area contributed by atoms with E-state index in [0.717, 1.165) is 13.2 Å². The zero-order valence-corrected chi connectivity index (χ0v) is 12.6. The molecule has 2 N–H and O–H groups in total. The fourth-order valence-corrected chi connectivity index (χ4v) is 4.01. The van der Waals surface area contributed by atoms with Crippen LogP contribution in [0.5, 0.6) is 0 Å². The van der Waals surface area contributed by atoms with Crippen LogP contribution in [-0.2, 0) is 4.74 Å². The van der Waals surface area contributed by atoms with Gasteiger partial charge in [-0.05, 0) is 38.7 Å². The van der Waals surface area contributed by atoms with Crippen molar-refractivity contribution in [2.45, 2.75) is 51.3 Å². The van der Waals surface area contributed by atoms with Crippen LogP contribution in [0.4, 0.5) is 0 Å². The number of aryl methyl sites for hydroxylation is 2. The second-order valence-corrected chi connectivity index (χ2v) is 6.32. The van der Waals surface area contributed by atoms with Crippen molar-refractivity contribution in [2.75, 3.05) is 19.7 Å². The highest BCUT2D eigenvalue weighted by atomic mass is 16.5. The van der Waals surface area contributed by atoms with Crippen molar-refractivity contribution < 1.29 is 4.74 Å². The van der Waals surface area contributed by atoms with Crippen molar-refractivity contribution in [1.82, 2.24) is 4.90 Å². The van der Waals surface area contributed by atoms with Crippen LogP contribution in [0.25, 0.3) is 0 Å². The average molecular weight is 274 g/mol. The zero-order chi connectivity index (χ0) is 14.1. The van der Waals surface area contributed by atoms with E-state index in [-0.39, 0.29) is 0 Å². The lowest BCUT2D eigenvalue weighted by Crippen LogP contribution is -2.51. The Morgan fingerprint density at radius 3 is 2.70 bits per heavy atom. The van der Waals surface area contributed by atoms with E-state index in [1.807, 2.05) is 0 Å². The largest absolute Gasteiger partial charge is 0.375 e. The van der Waals surface area contributed by atoms with Gasteiger partial charge in [0.25, 0.3) is 0 Å². The summed E-state index contributed by atoms with van der Waals surface area (Å²) in [6.45, 7) is 6.88. The smallest absolute Gasteiger partial charge is 0.0731 e. The highest BCUT2D eigenvalue weighted by Crippen LogP contribution is 2.35. The third kappa shape index (κ3) is 2.62. The van der Waals surface area contributed by atoms with E-state index in [2.05, 4.69) is 36.9 Å². The fourth-order valence-electron chi connectivity index (χ4n) is 4.01. The van der Waals surface area contributed by atoms with Gasteiger partial charge in [0.2, 0.25) is 0 Å². The van der Waals surface area contributed by atoms with Gasteiger partial charge >= 0.3 is 0 Å². The molecule has 0 radical (unpaired) electrons. The van der Waals surface area contributed by atoms with Gasteiger partial charge in [-0.1, -0.05) is 29.3 Å². The summed E-state index contributed by atoms with van der Waals surface area (Å²) in [5.74, 6) is 0. The Kier molecular flexibility index (Phi) is 4.11. The minimum Gasteiger partial charge on any atom is -0.375 e. The number of benzene rings is 1. The highest BCUT2D eigenvalue weighted by Gasteiger charge is 2.39. The molecule has 3 atom stereocenters. The molecular weight excluding hydrogens is 248 g/mol. The molecule has 3 unspecified atom stereocenters. The predicted molar refractivity (Wildman–Crippen MR) is 81.8 cm³/mol. The van der Waals surface area contributed by atoms with Crippen molar-refractivity contribution >= 4 is 0 Å². The first-order valence-corrected chi connectivity index (χ1v) is 7.84. The van der Waals surface area contributed by atoms with Gasteiger partial charge in [0, 0.05) is 25.2 Å². The molecule has 0 spiro atoms. The van der Waals surface area contributed by atoms with E-state index in [1.165, 1.54) is 36.0 Å². The number of nitrogens with two attached hydrogens (primary N) is 1. The van der Waals surface area contributed by atoms with Crippen LogP contribution in [0, 0.1) is 13.8 Å². The summed E-state index contributed by atoms with van der Waals surface area (Å²) in [5.41, 5.74) is 10.2. The lowest BCUT2D eigenvalue weighted by Gasteiger charge is -2.42. The van der Waals surface area contributed by atoms with Crippen LogP contribution in [0.3, 0.4) is 0 Å². The van der Waals surface area contributed by atoms with Gasteiger partial charge in [-0.25, -0.2) is 0 Å². The fraction of sp³-hybridized carbons (Fsp3) is 0.647. The Morgan fingerprint density at radius 1 is 1.25 bits per heavy atom. The van der Waals surface area contributed by atoms with Crippen molar-refractivity contribution in [1.29, 1.82) is 0 Å². The van der Waals surface area contributed by atoms with Gasteiger partial charge < -0.3 is 10.5 Å². The highest BCUT2D eigenvalue weighted by molar-refractivity contribution is 5.31. The molecule has 1 aromatic rings. The Bertz CT molecular complexity index is 454. The molecule has 3 nitrogen and oxygen atoms in total. The third-order valence-corrected chi connectivity index (χ3v) is 4.78. The number of fused-ring (bicyclic) bond motifs is 1. The topological polar surface area (TPSA) is 38.5 Å². The summed E-state index contributed by atoms with van der Waals surface area (Å²) in [6, 6.07) is 7.73. The molecule has 1 heterocycles. The summed E-state index contributed by atoms with van der Waals surface area (Å²) in [7, 11) is 0. The van der Waals surface area contributed by atoms with Crippen LogP contribution in [0.15, 0.2) is 18.2 Å². The Balaban J connectivity index is 1.88. The average Bonchev–Trinajstić information content (AvgIpc) is 2.87. The summed E-state index contributed by atoms with van der Waals surface area (Å²) >= 11 is 0. The normalized spacial score (nSPS) is 28.4. The molecule has 3 heteroatoms. The van der Waals surface area contributed by atoms with Crippen LogP contribution in [0.1, 0.15) is 42.0 Å². The molecule has 1 saturated heterocycles. The molecule has 0 bridgehead atoms. The van der Waals surface area contributed by atoms with Crippen molar-refractivity contribution in [3.8, 4) is 0 Å². The number of ether oxygens (including phenoxy) is 1. The van der Waals surface area contributed by atoms with E-state index in [0.29, 0.717) is 24.7 Å². The maximum Gasteiger partial charge on any atom is 0.0731 e. The molecule has 2 aliphatic rings. The third-order valence-electron chi connectivity index (χ3n) is 4.78. The molecule has 0 aromatic heterocycles. The summed E-state index contributed by atoms with van der Waals surface area (Å²) in [5, 5.41) is 0. The van der Waals surface area contributed by atoms with E-state index in [4.69, 9.17) is 10.5 Å². The maximum absolute atomic E-state index is 6.14. The minimum absolute atomic E-state index is 0.336.